The fourth-order valence-electron chi connectivity index (χ4n) is 2.08. The van der Waals surface area contributed by atoms with E-state index in [9.17, 15) is 4.79 Å². The van der Waals surface area contributed by atoms with Crippen LogP contribution in [0.4, 0.5) is 5.95 Å². The van der Waals surface area contributed by atoms with Crippen molar-refractivity contribution in [2.75, 3.05) is 32.4 Å². The summed E-state index contributed by atoms with van der Waals surface area (Å²) in [6.45, 7) is 6.84. The molecule has 1 fully saturated rings. The summed E-state index contributed by atoms with van der Waals surface area (Å²) in [5.41, 5.74) is 5.43. The molecule has 1 aromatic heterocycles. The smallest absolute Gasteiger partial charge is 0.244 e. The number of nitrogens with two attached hydrogens (primary N) is 1. The van der Waals surface area contributed by atoms with Crippen LogP contribution in [0.3, 0.4) is 0 Å². The Balaban J connectivity index is 1.98. The Labute approximate surface area is 107 Å². The number of hydrogen-bond donors (Lipinski definition) is 1. The molecule has 1 amide bonds. The maximum Gasteiger partial charge on any atom is 0.244 e. The van der Waals surface area contributed by atoms with E-state index in [2.05, 4.69) is 35.9 Å². The van der Waals surface area contributed by atoms with Gasteiger partial charge in [-0.3, -0.25) is 9.69 Å². The Kier molecular flexibility index (Phi) is 3.25. The molecule has 0 bridgehead atoms. The van der Waals surface area contributed by atoms with Crippen molar-refractivity contribution in [2.45, 2.75) is 25.9 Å². The molecular weight excluding hydrogens is 232 g/mol. The maximum absolute atomic E-state index is 12.1. The highest BCUT2D eigenvalue weighted by molar-refractivity contribution is 5.76. The van der Waals surface area contributed by atoms with Gasteiger partial charge in [-0.15, -0.1) is 5.10 Å². The average Bonchev–Trinajstić information content (AvgIpc) is 2.68. The third-order valence-corrected chi connectivity index (χ3v) is 3.52. The van der Waals surface area contributed by atoms with Crippen LogP contribution in [0.25, 0.3) is 0 Å². The lowest BCUT2D eigenvalue weighted by Gasteiger charge is -2.45. The molecule has 0 unspecified atom stereocenters. The Bertz CT molecular complexity index is 440. The second-order valence-corrected chi connectivity index (χ2v) is 5.35. The molecule has 0 radical (unpaired) electrons. The van der Waals surface area contributed by atoms with Crippen molar-refractivity contribution in [3.05, 3.63) is 6.33 Å². The Morgan fingerprint density at radius 1 is 1.50 bits per heavy atom. The number of anilines is 1. The van der Waals surface area contributed by atoms with Crippen LogP contribution >= 0.6 is 0 Å². The van der Waals surface area contributed by atoms with E-state index in [0.717, 1.165) is 19.6 Å². The number of piperazine rings is 1. The quantitative estimate of drug-likeness (QED) is 0.761. The minimum absolute atomic E-state index is 0.00923. The maximum atomic E-state index is 12.1. The zero-order valence-electron chi connectivity index (χ0n) is 11.1. The van der Waals surface area contributed by atoms with Crippen LogP contribution < -0.4 is 5.73 Å². The van der Waals surface area contributed by atoms with Gasteiger partial charge in [0.2, 0.25) is 11.9 Å². The van der Waals surface area contributed by atoms with E-state index in [4.69, 9.17) is 5.73 Å². The third-order valence-electron chi connectivity index (χ3n) is 3.52. The molecule has 0 aliphatic carbocycles. The van der Waals surface area contributed by atoms with Gasteiger partial charge in [-0.2, -0.15) is 0 Å². The topological polar surface area (TPSA) is 80.3 Å². The van der Waals surface area contributed by atoms with E-state index < -0.39 is 0 Å². The molecule has 7 nitrogen and oxygen atoms in total. The van der Waals surface area contributed by atoms with Crippen LogP contribution in [-0.4, -0.2) is 62.7 Å². The summed E-state index contributed by atoms with van der Waals surface area (Å²) in [5.74, 6) is 0.252. The second kappa shape index (κ2) is 4.56. The first-order chi connectivity index (χ1) is 8.38. The Morgan fingerprint density at radius 2 is 2.22 bits per heavy atom. The summed E-state index contributed by atoms with van der Waals surface area (Å²) in [4.78, 5) is 20.1. The van der Waals surface area contributed by atoms with Crippen molar-refractivity contribution < 1.29 is 4.79 Å². The van der Waals surface area contributed by atoms with Gasteiger partial charge >= 0.3 is 0 Å². The van der Waals surface area contributed by atoms with Crippen molar-refractivity contribution >= 4 is 11.9 Å². The highest BCUT2D eigenvalue weighted by Crippen LogP contribution is 2.18. The predicted molar refractivity (Wildman–Crippen MR) is 67.7 cm³/mol. The SMILES string of the molecule is CN1CCN(C(=O)Cn2cnc(N)n2)CC1(C)C. The number of rotatable bonds is 2. The van der Waals surface area contributed by atoms with Crippen molar-refractivity contribution in [2.24, 2.45) is 0 Å². The van der Waals surface area contributed by atoms with E-state index in [1.165, 1.54) is 11.0 Å². The number of carbonyl (C=O) groups is 1. The number of carbonyl (C=O) groups excluding carboxylic acids is 1. The van der Waals surface area contributed by atoms with Crippen molar-refractivity contribution in [1.82, 2.24) is 24.6 Å². The lowest BCUT2D eigenvalue weighted by Crippen LogP contribution is -2.59. The Morgan fingerprint density at radius 3 is 2.78 bits per heavy atom. The van der Waals surface area contributed by atoms with Crippen LogP contribution in [0, 0.1) is 0 Å². The first-order valence-corrected chi connectivity index (χ1v) is 6.02. The van der Waals surface area contributed by atoms with Crippen molar-refractivity contribution in [3.8, 4) is 0 Å². The van der Waals surface area contributed by atoms with Gasteiger partial charge in [-0.1, -0.05) is 0 Å². The van der Waals surface area contributed by atoms with Gasteiger partial charge in [-0.25, -0.2) is 9.67 Å². The van der Waals surface area contributed by atoms with Crippen LogP contribution in [0.1, 0.15) is 13.8 Å². The standard InChI is InChI=1S/C11H20N6O/c1-11(2)7-16(5-4-15(11)3)9(18)6-17-8-13-10(12)14-17/h8H,4-7H2,1-3H3,(H2,12,14). The molecule has 0 saturated carbocycles. The fraction of sp³-hybridized carbons (Fsp3) is 0.727. The van der Waals surface area contributed by atoms with E-state index in [1.54, 1.807) is 0 Å². The predicted octanol–water partition coefficient (Wildman–Crippen LogP) is -0.587. The molecule has 1 aliphatic rings. The molecule has 1 saturated heterocycles. The molecular formula is C11H20N6O. The van der Waals surface area contributed by atoms with Crippen molar-refractivity contribution in [1.29, 1.82) is 0 Å². The summed E-state index contributed by atoms with van der Waals surface area (Å²) < 4.78 is 1.48. The molecule has 7 heteroatoms. The highest BCUT2D eigenvalue weighted by atomic mass is 16.2. The van der Waals surface area contributed by atoms with Crippen LogP contribution in [-0.2, 0) is 11.3 Å². The largest absolute Gasteiger partial charge is 0.367 e. The molecule has 2 heterocycles. The number of amides is 1. The summed E-state index contributed by atoms with van der Waals surface area (Å²) in [7, 11) is 2.08. The molecule has 2 rings (SSSR count). The molecule has 1 aromatic rings. The van der Waals surface area contributed by atoms with Crippen LogP contribution in [0.15, 0.2) is 6.33 Å². The second-order valence-electron chi connectivity index (χ2n) is 5.35. The van der Waals surface area contributed by atoms with Gasteiger partial charge in [0.1, 0.15) is 12.9 Å². The summed E-state index contributed by atoms with van der Waals surface area (Å²) in [6, 6.07) is 0. The molecule has 2 N–H and O–H groups in total. The third kappa shape index (κ3) is 2.61. The first kappa shape index (κ1) is 12.8. The van der Waals surface area contributed by atoms with E-state index in [-0.39, 0.29) is 23.9 Å². The fourth-order valence-corrected chi connectivity index (χ4v) is 2.08. The molecule has 1 aliphatic heterocycles. The van der Waals surface area contributed by atoms with Crippen LogP contribution in [0.2, 0.25) is 0 Å². The minimum atomic E-state index is 0.00923. The zero-order valence-corrected chi connectivity index (χ0v) is 11.1. The van der Waals surface area contributed by atoms with Gasteiger partial charge in [-0.05, 0) is 20.9 Å². The number of hydrogen-bond acceptors (Lipinski definition) is 5. The Hall–Kier alpha value is -1.63. The molecule has 0 atom stereocenters. The van der Waals surface area contributed by atoms with Gasteiger partial charge in [0.15, 0.2) is 0 Å². The molecule has 100 valence electrons. The minimum Gasteiger partial charge on any atom is -0.367 e. The van der Waals surface area contributed by atoms with E-state index in [1.807, 2.05) is 4.90 Å². The average molecular weight is 252 g/mol. The normalized spacial score (nSPS) is 20.1. The molecule has 0 spiro atoms. The summed E-state index contributed by atoms with van der Waals surface area (Å²) in [6.07, 6.45) is 1.48. The lowest BCUT2D eigenvalue weighted by molar-refractivity contribution is -0.136. The van der Waals surface area contributed by atoms with Crippen LogP contribution in [0.5, 0.6) is 0 Å². The number of aromatic nitrogens is 3. The zero-order chi connectivity index (χ0) is 13.3. The van der Waals surface area contributed by atoms with E-state index >= 15 is 0 Å². The summed E-state index contributed by atoms with van der Waals surface area (Å²) >= 11 is 0. The van der Waals surface area contributed by atoms with Gasteiger partial charge < -0.3 is 10.6 Å². The van der Waals surface area contributed by atoms with Crippen molar-refractivity contribution in [3.63, 3.8) is 0 Å². The monoisotopic (exact) mass is 252 g/mol. The lowest BCUT2D eigenvalue weighted by atomic mass is 10.00. The highest BCUT2D eigenvalue weighted by Gasteiger charge is 2.33. The molecule has 0 aromatic carbocycles. The summed E-state index contributed by atoms with van der Waals surface area (Å²) in [5, 5.41) is 3.92. The first-order valence-electron chi connectivity index (χ1n) is 6.02. The number of nitrogen functional groups attached to an aromatic ring is 1. The van der Waals surface area contributed by atoms with E-state index in [0.29, 0.717) is 0 Å². The number of nitrogens with zero attached hydrogens (tertiary/aromatic N) is 5. The molecule has 18 heavy (non-hydrogen) atoms. The van der Waals surface area contributed by atoms with Gasteiger partial charge in [0.25, 0.3) is 0 Å². The van der Waals surface area contributed by atoms with Gasteiger partial charge in [0, 0.05) is 25.2 Å². The number of likely N-dealkylation sites (N-methyl/N-ethyl adjacent to an activating group) is 1. The van der Waals surface area contributed by atoms with Gasteiger partial charge in [0.05, 0.1) is 0 Å².